The van der Waals surface area contributed by atoms with Crippen LogP contribution >= 0.6 is 0 Å². The smallest absolute Gasteiger partial charge is 0.262 e. The van der Waals surface area contributed by atoms with Crippen molar-refractivity contribution in [3.8, 4) is 0 Å². The molecule has 1 aliphatic rings. The second kappa shape index (κ2) is 5.38. The van der Waals surface area contributed by atoms with Crippen LogP contribution in [0.3, 0.4) is 0 Å². The largest absolute Gasteiger partial charge is 0.339 e. The van der Waals surface area contributed by atoms with Crippen LogP contribution < -0.4 is 5.32 Å². The van der Waals surface area contributed by atoms with E-state index in [0.717, 1.165) is 32.4 Å². The molecular formula is C11H20N4O2S. The summed E-state index contributed by atoms with van der Waals surface area (Å²) in [6, 6.07) is 0.0620. The van der Waals surface area contributed by atoms with Crippen LogP contribution in [0.2, 0.25) is 0 Å². The van der Waals surface area contributed by atoms with Gasteiger partial charge in [-0.15, -0.1) is 0 Å². The predicted molar refractivity (Wildman–Crippen MR) is 68.7 cm³/mol. The Labute approximate surface area is 108 Å². The van der Waals surface area contributed by atoms with Gasteiger partial charge in [0.25, 0.3) is 10.0 Å². The number of aromatic nitrogens is 2. The lowest BCUT2D eigenvalue weighted by Gasteiger charge is -2.25. The number of sulfonamides is 1. The summed E-state index contributed by atoms with van der Waals surface area (Å²) in [5.41, 5.74) is 0. The summed E-state index contributed by atoms with van der Waals surface area (Å²) in [4.78, 5) is 3.94. The Morgan fingerprint density at radius 3 is 2.89 bits per heavy atom. The van der Waals surface area contributed by atoms with Gasteiger partial charge in [-0.2, -0.15) is 4.31 Å². The second-order valence-electron chi connectivity index (χ2n) is 4.73. The molecular weight excluding hydrogens is 252 g/mol. The van der Waals surface area contributed by atoms with Gasteiger partial charge in [0.15, 0.2) is 5.03 Å². The summed E-state index contributed by atoms with van der Waals surface area (Å²) < 4.78 is 27.9. The molecule has 0 spiro atoms. The van der Waals surface area contributed by atoms with Gasteiger partial charge in [0.05, 0.1) is 6.33 Å². The minimum Gasteiger partial charge on any atom is -0.339 e. The van der Waals surface area contributed by atoms with Gasteiger partial charge in [0.2, 0.25) is 0 Å². The first-order valence-electron chi connectivity index (χ1n) is 6.18. The third-order valence-electron chi connectivity index (χ3n) is 3.38. The van der Waals surface area contributed by atoms with Crippen LogP contribution in [0.1, 0.15) is 19.3 Å². The minimum absolute atomic E-state index is 0.0620. The monoisotopic (exact) mass is 272 g/mol. The molecule has 6 nitrogen and oxygen atoms in total. The van der Waals surface area contributed by atoms with E-state index in [4.69, 9.17) is 0 Å². The highest BCUT2D eigenvalue weighted by molar-refractivity contribution is 7.89. The van der Waals surface area contributed by atoms with E-state index < -0.39 is 10.0 Å². The summed E-state index contributed by atoms with van der Waals surface area (Å²) in [5, 5.41) is 3.42. The fourth-order valence-electron chi connectivity index (χ4n) is 2.23. The van der Waals surface area contributed by atoms with Crippen LogP contribution in [0.4, 0.5) is 0 Å². The van der Waals surface area contributed by atoms with Crippen LogP contribution in [0.5, 0.6) is 0 Å². The number of hydrogen-bond acceptors (Lipinski definition) is 4. The molecule has 2 rings (SSSR count). The number of imidazole rings is 1. The molecule has 0 aromatic carbocycles. The van der Waals surface area contributed by atoms with E-state index in [1.54, 1.807) is 24.9 Å². The summed E-state index contributed by atoms with van der Waals surface area (Å²) in [7, 11) is -0.0421. The number of hydrogen-bond donors (Lipinski definition) is 1. The van der Waals surface area contributed by atoms with Crippen molar-refractivity contribution in [2.24, 2.45) is 7.05 Å². The Bertz CT molecular complexity index is 489. The lowest BCUT2D eigenvalue weighted by atomic mass is 10.1. The van der Waals surface area contributed by atoms with Gasteiger partial charge in [0, 0.05) is 26.3 Å². The van der Waals surface area contributed by atoms with Gasteiger partial charge in [-0.1, -0.05) is 0 Å². The van der Waals surface area contributed by atoms with E-state index in [9.17, 15) is 8.42 Å². The first-order chi connectivity index (χ1) is 8.51. The fourth-order valence-corrected chi connectivity index (χ4v) is 3.61. The third-order valence-corrected chi connectivity index (χ3v) is 5.18. The first kappa shape index (κ1) is 13.5. The van der Waals surface area contributed by atoms with Crippen LogP contribution in [-0.4, -0.2) is 48.5 Å². The SMILES string of the molecule is CN(C1CCCNCC1)S(=O)(=O)c1cn(C)cn1. The van der Waals surface area contributed by atoms with Gasteiger partial charge in [-0.05, 0) is 32.4 Å². The zero-order chi connectivity index (χ0) is 13.2. The Hall–Kier alpha value is -0.920. The molecule has 0 amide bonds. The zero-order valence-corrected chi connectivity index (χ0v) is 11.7. The Morgan fingerprint density at radius 1 is 1.44 bits per heavy atom. The minimum atomic E-state index is -3.46. The van der Waals surface area contributed by atoms with Gasteiger partial charge < -0.3 is 9.88 Å². The van der Waals surface area contributed by atoms with Crippen molar-refractivity contribution in [1.29, 1.82) is 0 Å². The maximum Gasteiger partial charge on any atom is 0.262 e. The van der Waals surface area contributed by atoms with Crippen molar-refractivity contribution < 1.29 is 8.42 Å². The molecule has 1 aromatic rings. The van der Waals surface area contributed by atoms with Crippen molar-refractivity contribution in [2.45, 2.75) is 30.3 Å². The molecule has 1 N–H and O–H groups in total. The van der Waals surface area contributed by atoms with Crippen LogP contribution in [0.25, 0.3) is 0 Å². The number of nitrogens with one attached hydrogen (secondary N) is 1. The van der Waals surface area contributed by atoms with E-state index in [1.807, 2.05) is 0 Å². The predicted octanol–water partition coefficient (Wildman–Crippen LogP) is 0.183. The summed E-state index contributed by atoms with van der Waals surface area (Å²) in [6.07, 6.45) is 5.81. The van der Waals surface area contributed by atoms with Gasteiger partial charge in [0.1, 0.15) is 0 Å². The molecule has 1 aromatic heterocycles. The highest BCUT2D eigenvalue weighted by atomic mass is 32.2. The molecule has 7 heteroatoms. The summed E-state index contributed by atoms with van der Waals surface area (Å²) >= 11 is 0. The van der Waals surface area contributed by atoms with Crippen molar-refractivity contribution in [3.63, 3.8) is 0 Å². The maximum atomic E-state index is 12.4. The third kappa shape index (κ3) is 2.73. The maximum absolute atomic E-state index is 12.4. The lowest BCUT2D eigenvalue weighted by molar-refractivity contribution is 0.340. The Kier molecular flexibility index (Phi) is 4.04. The highest BCUT2D eigenvalue weighted by Gasteiger charge is 2.29. The normalized spacial score (nSPS) is 22.1. The van der Waals surface area contributed by atoms with Crippen molar-refractivity contribution in [3.05, 3.63) is 12.5 Å². The van der Waals surface area contributed by atoms with Crippen molar-refractivity contribution in [2.75, 3.05) is 20.1 Å². The van der Waals surface area contributed by atoms with Crippen LogP contribution in [0.15, 0.2) is 17.6 Å². The number of rotatable bonds is 3. The second-order valence-corrected chi connectivity index (χ2v) is 6.68. The highest BCUT2D eigenvalue weighted by Crippen LogP contribution is 2.19. The molecule has 1 unspecified atom stereocenters. The number of aryl methyl sites for hydroxylation is 1. The van der Waals surface area contributed by atoms with Crippen molar-refractivity contribution >= 4 is 10.0 Å². The molecule has 0 aliphatic carbocycles. The van der Waals surface area contributed by atoms with E-state index in [0.29, 0.717) is 0 Å². The van der Waals surface area contributed by atoms with Crippen molar-refractivity contribution in [1.82, 2.24) is 19.2 Å². The summed E-state index contributed by atoms with van der Waals surface area (Å²) in [5.74, 6) is 0. The topological polar surface area (TPSA) is 67.2 Å². The molecule has 1 aliphatic heterocycles. The number of nitrogens with zero attached hydrogens (tertiary/aromatic N) is 3. The quantitative estimate of drug-likeness (QED) is 0.852. The Morgan fingerprint density at radius 2 is 2.22 bits per heavy atom. The first-order valence-corrected chi connectivity index (χ1v) is 7.62. The molecule has 18 heavy (non-hydrogen) atoms. The average Bonchev–Trinajstić information content (AvgIpc) is 2.63. The standard InChI is InChI=1S/C11H20N4O2S/c1-14-8-11(13-9-14)18(16,17)15(2)10-4-3-6-12-7-5-10/h8-10,12H,3-7H2,1-2H3. The van der Waals surface area contributed by atoms with E-state index in [2.05, 4.69) is 10.3 Å². The zero-order valence-electron chi connectivity index (χ0n) is 10.8. The van der Waals surface area contributed by atoms with Gasteiger partial charge >= 0.3 is 0 Å². The molecule has 0 saturated carbocycles. The van der Waals surface area contributed by atoms with E-state index in [1.165, 1.54) is 10.6 Å². The fraction of sp³-hybridized carbons (Fsp3) is 0.727. The average molecular weight is 272 g/mol. The molecule has 1 atom stereocenters. The van der Waals surface area contributed by atoms with E-state index in [-0.39, 0.29) is 11.1 Å². The molecule has 102 valence electrons. The lowest BCUT2D eigenvalue weighted by Crippen LogP contribution is -2.37. The summed E-state index contributed by atoms with van der Waals surface area (Å²) in [6.45, 7) is 1.83. The van der Waals surface area contributed by atoms with Gasteiger partial charge in [-0.25, -0.2) is 13.4 Å². The van der Waals surface area contributed by atoms with Gasteiger partial charge in [-0.3, -0.25) is 0 Å². The molecule has 1 fully saturated rings. The molecule has 2 heterocycles. The van der Waals surface area contributed by atoms with E-state index >= 15 is 0 Å². The molecule has 0 bridgehead atoms. The molecule has 0 radical (unpaired) electrons. The van der Waals surface area contributed by atoms with Crippen LogP contribution in [0, 0.1) is 0 Å². The van der Waals surface area contributed by atoms with Crippen LogP contribution in [-0.2, 0) is 17.1 Å². The Balaban J connectivity index is 2.18. The molecule has 1 saturated heterocycles.